The molecule has 2 heterocycles. The Morgan fingerprint density at radius 3 is 2.52 bits per heavy atom. The van der Waals surface area contributed by atoms with Gasteiger partial charge >= 0.3 is 0 Å². The van der Waals surface area contributed by atoms with E-state index < -0.39 is 0 Å². The summed E-state index contributed by atoms with van der Waals surface area (Å²) in [5.41, 5.74) is 3.34. The first-order valence-electron chi connectivity index (χ1n) is 10.4. The number of nitrogens with zero attached hydrogens (tertiary/aromatic N) is 2. The van der Waals surface area contributed by atoms with E-state index in [0.717, 1.165) is 11.3 Å². The number of ether oxygens (including phenoxy) is 2. The van der Waals surface area contributed by atoms with Crippen LogP contribution in [-0.2, 0) is 9.59 Å². The number of carbonyl (C=O) groups excluding carboxylic acids is 2. The van der Waals surface area contributed by atoms with E-state index in [2.05, 4.69) is 19.9 Å². The van der Waals surface area contributed by atoms with Crippen LogP contribution in [0, 0.1) is 16.7 Å². The molecule has 6 nitrogen and oxygen atoms in total. The minimum absolute atomic E-state index is 0.0587. The van der Waals surface area contributed by atoms with E-state index in [-0.39, 0.29) is 36.2 Å². The predicted molar refractivity (Wildman–Crippen MR) is 114 cm³/mol. The molecule has 0 fully saturated rings. The lowest BCUT2D eigenvalue weighted by Crippen LogP contribution is -2.43. The molecule has 0 spiro atoms. The molecular weight excluding hydrogens is 392 g/mol. The minimum Gasteiger partial charge on any atom is -0.454 e. The first kappa shape index (κ1) is 19.4. The Morgan fingerprint density at radius 2 is 1.77 bits per heavy atom. The second-order valence-electron chi connectivity index (χ2n) is 9.06. The van der Waals surface area contributed by atoms with Crippen molar-refractivity contribution in [3.63, 3.8) is 0 Å². The predicted octanol–water partition coefficient (Wildman–Crippen LogP) is 4.45. The maximum absolute atomic E-state index is 13.4. The Morgan fingerprint density at radius 1 is 1.03 bits per heavy atom. The fourth-order valence-electron chi connectivity index (χ4n) is 4.81. The monoisotopic (exact) mass is 414 g/mol. The van der Waals surface area contributed by atoms with Crippen LogP contribution in [0.15, 0.2) is 53.7 Å². The fraction of sp³-hybridized carbons (Fsp3) is 0.320. The van der Waals surface area contributed by atoms with Gasteiger partial charge in [-0.1, -0.05) is 19.9 Å². The summed E-state index contributed by atoms with van der Waals surface area (Å²) in [6, 6.07) is 14.7. The number of rotatable bonds is 2. The highest BCUT2D eigenvalue weighted by atomic mass is 16.7. The number of hydrogen-bond donors (Lipinski definition) is 0. The fourth-order valence-corrected chi connectivity index (χ4v) is 4.81. The number of allylic oxidation sites excluding steroid dienone is 2. The van der Waals surface area contributed by atoms with E-state index in [4.69, 9.17) is 14.7 Å². The summed E-state index contributed by atoms with van der Waals surface area (Å²) in [4.78, 5) is 28.4. The van der Waals surface area contributed by atoms with Crippen molar-refractivity contribution >= 4 is 17.4 Å². The molecule has 156 valence electrons. The molecule has 0 bridgehead atoms. The first-order chi connectivity index (χ1) is 14.9. The SMILES string of the molecule is CC1(C)CC(=O)C2=C(C1)N(c1ccc(C#N)cc1)C(=O)CC2c1ccc2c(c1)OCO2. The summed E-state index contributed by atoms with van der Waals surface area (Å²) in [6.07, 6.45) is 1.27. The van der Waals surface area contributed by atoms with Crippen molar-refractivity contribution in [2.45, 2.75) is 39.0 Å². The normalized spacial score (nSPS) is 21.7. The zero-order valence-corrected chi connectivity index (χ0v) is 17.5. The summed E-state index contributed by atoms with van der Waals surface area (Å²) in [6.45, 7) is 4.29. The number of carbonyl (C=O) groups is 2. The van der Waals surface area contributed by atoms with Gasteiger partial charge in [-0.05, 0) is 53.8 Å². The highest BCUT2D eigenvalue weighted by Crippen LogP contribution is 2.49. The number of benzene rings is 2. The quantitative estimate of drug-likeness (QED) is 0.725. The second-order valence-corrected chi connectivity index (χ2v) is 9.06. The molecule has 0 aromatic heterocycles. The largest absolute Gasteiger partial charge is 0.454 e. The van der Waals surface area contributed by atoms with Crippen molar-refractivity contribution in [1.29, 1.82) is 5.26 Å². The average molecular weight is 414 g/mol. The van der Waals surface area contributed by atoms with Gasteiger partial charge in [0.15, 0.2) is 17.3 Å². The van der Waals surface area contributed by atoms with E-state index in [1.54, 1.807) is 29.2 Å². The van der Waals surface area contributed by atoms with Gasteiger partial charge in [0, 0.05) is 35.7 Å². The highest BCUT2D eigenvalue weighted by molar-refractivity contribution is 6.07. The van der Waals surface area contributed by atoms with Crippen LogP contribution in [0.3, 0.4) is 0 Å². The summed E-state index contributed by atoms with van der Waals surface area (Å²) >= 11 is 0. The van der Waals surface area contributed by atoms with Crippen molar-refractivity contribution < 1.29 is 19.1 Å². The van der Waals surface area contributed by atoms with E-state index in [9.17, 15) is 9.59 Å². The van der Waals surface area contributed by atoms with E-state index in [0.29, 0.717) is 41.2 Å². The molecule has 6 heteroatoms. The molecular formula is C25H22N2O4. The second kappa shape index (κ2) is 6.98. The lowest BCUT2D eigenvalue weighted by molar-refractivity contribution is -0.121. The summed E-state index contributed by atoms with van der Waals surface area (Å²) in [5.74, 6) is 1.03. The molecule has 0 N–H and O–H groups in total. The third-order valence-electron chi connectivity index (χ3n) is 6.20. The van der Waals surface area contributed by atoms with E-state index in [1.807, 2.05) is 18.2 Å². The minimum atomic E-state index is -0.310. The molecule has 3 aliphatic rings. The van der Waals surface area contributed by atoms with Crippen molar-refractivity contribution in [3.8, 4) is 17.6 Å². The van der Waals surface area contributed by atoms with Gasteiger partial charge in [0.25, 0.3) is 0 Å². The van der Waals surface area contributed by atoms with Crippen molar-refractivity contribution in [1.82, 2.24) is 0 Å². The zero-order valence-electron chi connectivity index (χ0n) is 17.5. The summed E-state index contributed by atoms with van der Waals surface area (Å²) < 4.78 is 10.9. The van der Waals surface area contributed by atoms with Gasteiger partial charge in [-0.25, -0.2) is 0 Å². The molecule has 2 aromatic rings. The van der Waals surface area contributed by atoms with E-state index >= 15 is 0 Å². The molecule has 5 rings (SSSR count). The molecule has 2 aliphatic heterocycles. The van der Waals surface area contributed by atoms with Crippen LogP contribution < -0.4 is 14.4 Å². The van der Waals surface area contributed by atoms with Crippen molar-refractivity contribution in [2.24, 2.45) is 5.41 Å². The molecule has 31 heavy (non-hydrogen) atoms. The van der Waals surface area contributed by atoms with E-state index in [1.165, 1.54) is 0 Å². The Hall–Kier alpha value is -3.59. The topological polar surface area (TPSA) is 79.6 Å². The molecule has 1 aliphatic carbocycles. The third-order valence-corrected chi connectivity index (χ3v) is 6.20. The van der Waals surface area contributed by atoms with Gasteiger partial charge in [-0.15, -0.1) is 0 Å². The maximum atomic E-state index is 13.4. The van der Waals surface area contributed by atoms with Gasteiger partial charge in [0.1, 0.15) is 0 Å². The zero-order chi connectivity index (χ0) is 21.8. The standard InChI is InChI=1S/C25H22N2O4/c1-25(2)11-19-24(20(28)12-25)18(16-5-8-21-22(9-16)31-14-30-21)10-23(29)27(19)17-6-3-15(13-26)4-7-17/h3-9,18H,10-12,14H2,1-2H3. The average Bonchev–Trinajstić information content (AvgIpc) is 3.20. The lowest BCUT2D eigenvalue weighted by Gasteiger charge is -2.43. The van der Waals surface area contributed by atoms with Crippen LogP contribution in [0.2, 0.25) is 0 Å². The first-order valence-corrected chi connectivity index (χ1v) is 10.4. The number of Topliss-reactive ketones (excluding diaryl/α,β-unsaturated/α-hetero) is 1. The number of fused-ring (bicyclic) bond motifs is 1. The number of nitriles is 1. The molecule has 2 aromatic carbocycles. The van der Waals surface area contributed by atoms with Crippen molar-refractivity contribution in [2.75, 3.05) is 11.7 Å². The number of amides is 1. The molecule has 1 atom stereocenters. The van der Waals surface area contributed by atoms with Gasteiger partial charge in [0.2, 0.25) is 12.7 Å². The molecule has 1 unspecified atom stereocenters. The van der Waals surface area contributed by atoms with Gasteiger partial charge in [-0.2, -0.15) is 5.26 Å². The number of ketones is 1. The number of anilines is 1. The Bertz CT molecular complexity index is 1170. The van der Waals surface area contributed by atoms with Crippen LogP contribution >= 0.6 is 0 Å². The van der Waals surface area contributed by atoms with Gasteiger partial charge in [0.05, 0.1) is 11.6 Å². The smallest absolute Gasteiger partial charge is 0.232 e. The van der Waals surface area contributed by atoms with Crippen LogP contribution in [0.4, 0.5) is 5.69 Å². The molecule has 1 amide bonds. The molecule has 0 radical (unpaired) electrons. The maximum Gasteiger partial charge on any atom is 0.232 e. The Labute approximate surface area is 180 Å². The van der Waals surface area contributed by atoms with Crippen LogP contribution in [0.1, 0.15) is 50.2 Å². The van der Waals surface area contributed by atoms with Crippen molar-refractivity contribution in [3.05, 3.63) is 64.9 Å². The van der Waals surface area contributed by atoms with Gasteiger partial charge in [-0.3, -0.25) is 14.5 Å². The van der Waals surface area contributed by atoms with Crippen LogP contribution in [0.5, 0.6) is 11.5 Å². The summed E-state index contributed by atoms with van der Waals surface area (Å²) in [7, 11) is 0. The molecule has 0 saturated carbocycles. The molecule has 0 saturated heterocycles. The lowest BCUT2D eigenvalue weighted by atomic mass is 9.69. The highest BCUT2D eigenvalue weighted by Gasteiger charge is 2.44. The third kappa shape index (κ3) is 3.27. The Kier molecular flexibility index (Phi) is 4.37. The van der Waals surface area contributed by atoms with Crippen LogP contribution in [-0.4, -0.2) is 18.5 Å². The van der Waals surface area contributed by atoms with Crippen LogP contribution in [0.25, 0.3) is 0 Å². The van der Waals surface area contributed by atoms with Gasteiger partial charge < -0.3 is 9.47 Å². The summed E-state index contributed by atoms with van der Waals surface area (Å²) in [5, 5.41) is 9.11. The Balaban J connectivity index is 1.65. The number of hydrogen-bond acceptors (Lipinski definition) is 5.